The molecule has 1 amide bonds. The van der Waals surface area contributed by atoms with Crippen molar-refractivity contribution in [1.82, 2.24) is 14.9 Å². The van der Waals surface area contributed by atoms with Gasteiger partial charge in [0, 0.05) is 37.7 Å². The molecule has 0 spiro atoms. The highest BCUT2D eigenvalue weighted by molar-refractivity contribution is 9.10. The first-order valence-electron chi connectivity index (χ1n) is 7.81. The molecule has 0 radical (unpaired) electrons. The molecule has 1 heterocycles. The number of benzene rings is 1. The molecule has 0 unspecified atom stereocenters. The number of methoxy groups -OCH3 is 2. The number of carbonyl (C=O) groups is 1. The fourth-order valence-electron chi connectivity index (χ4n) is 2.41. The molecule has 11 heteroatoms. The third-order valence-electron chi connectivity index (χ3n) is 3.85. The van der Waals surface area contributed by atoms with Crippen LogP contribution in [-0.2, 0) is 25.0 Å². The molecular weight excluding hydrogens is 441 g/mol. The summed E-state index contributed by atoms with van der Waals surface area (Å²) < 4.78 is 33.5. The van der Waals surface area contributed by atoms with E-state index in [0.29, 0.717) is 16.6 Å². The van der Waals surface area contributed by atoms with Crippen LogP contribution in [0.2, 0.25) is 0 Å². The number of rotatable bonds is 8. The van der Waals surface area contributed by atoms with Gasteiger partial charge in [-0.05, 0) is 12.1 Å². The fourth-order valence-corrected chi connectivity index (χ4v) is 4.00. The van der Waals surface area contributed by atoms with Gasteiger partial charge in [0.05, 0.1) is 25.3 Å². The van der Waals surface area contributed by atoms with E-state index in [1.165, 1.54) is 40.3 Å². The summed E-state index contributed by atoms with van der Waals surface area (Å²) in [6, 6.07) is 3.59. The zero-order valence-corrected chi connectivity index (χ0v) is 18.2. The number of carbonyl (C=O) groups excluding carboxylic acids is 1. The lowest BCUT2D eigenvalue weighted by atomic mass is 10.1. The monoisotopic (exact) mass is 461 g/mol. The Morgan fingerprint density at radius 1 is 1.11 bits per heavy atom. The average Bonchev–Trinajstić information content (AvgIpc) is 2.65. The fraction of sp³-hybridized carbons (Fsp3) is 0.438. The van der Waals surface area contributed by atoms with Crippen LogP contribution in [0.3, 0.4) is 0 Å². The van der Waals surface area contributed by atoms with Crippen LogP contribution < -0.4 is 9.47 Å². The van der Waals surface area contributed by atoms with Crippen molar-refractivity contribution in [2.45, 2.75) is 13.5 Å². The van der Waals surface area contributed by atoms with Crippen LogP contribution in [0.5, 0.6) is 11.8 Å². The lowest BCUT2D eigenvalue weighted by Gasteiger charge is -2.25. The Balaban J connectivity index is 2.52. The molecular formula is C16H21BrN3O6P. The summed E-state index contributed by atoms with van der Waals surface area (Å²) in [6.45, 7) is 1.51. The molecule has 1 aromatic heterocycles. The topological polar surface area (TPSA) is 100 Å². The van der Waals surface area contributed by atoms with Crippen LogP contribution in [0.4, 0.5) is 0 Å². The van der Waals surface area contributed by atoms with Crippen molar-refractivity contribution >= 4 is 40.5 Å². The number of nitrogens with zero attached hydrogens (tertiary/aromatic N) is 3. The van der Waals surface area contributed by atoms with Crippen LogP contribution in [0.1, 0.15) is 12.5 Å². The van der Waals surface area contributed by atoms with E-state index in [1.54, 1.807) is 6.07 Å². The summed E-state index contributed by atoms with van der Waals surface area (Å²) in [6.07, 6.45) is -0.190. The Morgan fingerprint density at radius 2 is 1.70 bits per heavy atom. The Kier molecular flexibility index (Phi) is 7.16. The Hall–Kier alpha value is -1.74. The maximum absolute atomic E-state index is 12.5. The van der Waals surface area contributed by atoms with Gasteiger partial charge in [-0.25, -0.2) is 9.97 Å². The molecule has 0 saturated carbocycles. The number of fused-ring (bicyclic) bond motifs is 1. The second-order valence-electron chi connectivity index (χ2n) is 5.51. The van der Waals surface area contributed by atoms with Crippen LogP contribution in [-0.4, -0.2) is 55.5 Å². The summed E-state index contributed by atoms with van der Waals surface area (Å²) in [7, 11) is 2.08. The van der Waals surface area contributed by atoms with Crippen molar-refractivity contribution in [3.8, 4) is 11.8 Å². The van der Waals surface area contributed by atoms with Crippen molar-refractivity contribution < 1.29 is 27.9 Å². The highest BCUT2D eigenvalue weighted by Gasteiger charge is 2.27. The smallest absolute Gasteiger partial charge is 0.349 e. The number of aromatic nitrogens is 2. The van der Waals surface area contributed by atoms with Crippen molar-refractivity contribution in [2.24, 2.45) is 0 Å². The second kappa shape index (κ2) is 8.97. The van der Waals surface area contributed by atoms with Gasteiger partial charge in [-0.15, -0.1) is 0 Å². The van der Waals surface area contributed by atoms with Crippen molar-refractivity contribution in [1.29, 1.82) is 0 Å². The zero-order valence-electron chi connectivity index (χ0n) is 15.7. The molecule has 1 aromatic carbocycles. The molecule has 0 saturated heterocycles. The van der Waals surface area contributed by atoms with E-state index < -0.39 is 7.60 Å². The molecule has 27 heavy (non-hydrogen) atoms. The van der Waals surface area contributed by atoms with Gasteiger partial charge in [-0.3, -0.25) is 9.36 Å². The molecule has 0 aliphatic heterocycles. The molecule has 0 aliphatic carbocycles. The first-order valence-corrected chi connectivity index (χ1v) is 10.3. The number of hydrogen-bond acceptors (Lipinski definition) is 8. The maximum Gasteiger partial charge on any atom is 0.349 e. The number of ether oxygens (including phenoxy) is 2. The van der Waals surface area contributed by atoms with Crippen LogP contribution in [0, 0.1) is 0 Å². The summed E-state index contributed by atoms with van der Waals surface area (Å²) in [5.41, 5.74) is 1.77. The van der Waals surface area contributed by atoms with Crippen molar-refractivity contribution in [2.75, 3.05) is 34.7 Å². The van der Waals surface area contributed by atoms with E-state index in [1.807, 2.05) is 6.07 Å². The zero-order chi connectivity index (χ0) is 20.2. The Morgan fingerprint density at radius 3 is 2.22 bits per heavy atom. The van der Waals surface area contributed by atoms with E-state index >= 15 is 0 Å². The molecule has 2 aromatic rings. The predicted molar refractivity (Wildman–Crippen MR) is 103 cm³/mol. The molecule has 0 bridgehead atoms. The van der Waals surface area contributed by atoms with Crippen molar-refractivity contribution in [3.63, 3.8) is 0 Å². The molecule has 2 rings (SSSR count). The minimum absolute atomic E-state index is 0.131. The molecule has 0 atom stereocenters. The lowest BCUT2D eigenvalue weighted by molar-refractivity contribution is -0.128. The third kappa shape index (κ3) is 4.95. The predicted octanol–water partition coefficient (Wildman–Crippen LogP) is 3.20. The summed E-state index contributed by atoms with van der Waals surface area (Å²) >= 11 is 3.43. The van der Waals surface area contributed by atoms with Gasteiger partial charge in [0.1, 0.15) is 6.29 Å². The van der Waals surface area contributed by atoms with Crippen LogP contribution in [0.25, 0.3) is 11.0 Å². The van der Waals surface area contributed by atoms with Gasteiger partial charge in [0.15, 0.2) is 0 Å². The molecule has 0 N–H and O–H groups in total. The lowest BCUT2D eigenvalue weighted by Crippen LogP contribution is -2.30. The first-order chi connectivity index (χ1) is 12.8. The molecule has 9 nitrogen and oxygen atoms in total. The Bertz CT molecular complexity index is 886. The minimum Gasteiger partial charge on any atom is -0.477 e. The van der Waals surface area contributed by atoms with Gasteiger partial charge >= 0.3 is 7.60 Å². The van der Waals surface area contributed by atoms with E-state index in [9.17, 15) is 9.36 Å². The average molecular weight is 462 g/mol. The summed E-state index contributed by atoms with van der Waals surface area (Å²) in [4.78, 5) is 22.3. The second-order valence-corrected chi connectivity index (χ2v) is 8.66. The standard InChI is InChI=1S/C16H21BrN3O6P/c1-10(21)20(9-27(22,25-4)26-5)8-11-6-12(17)7-13-14(11)19-16(24-3)15(18-13)23-2/h6-7H,8-9H2,1-5H3. The molecule has 0 aliphatic rings. The summed E-state index contributed by atoms with van der Waals surface area (Å²) in [5, 5.41) is 0. The quantitative estimate of drug-likeness (QED) is 0.552. The largest absolute Gasteiger partial charge is 0.477 e. The van der Waals surface area contributed by atoms with Crippen molar-refractivity contribution in [3.05, 3.63) is 22.2 Å². The number of hydrogen-bond donors (Lipinski definition) is 0. The van der Waals surface area contributed by atoms with E-state index in [0.717, 1.165) is 4.47 Å². The van der Waals surface area contributed by atoms with Gasteiger partial charge in [-0.1, -0.05) is 15.9 Å². The van der Waals surface area contributed by atoms with E-state index in [2.05, 4.69) is 25.9 Å². The maximum atomic E-state index is 12.5. The van der Waals surface area contributed by atoms with Crippen LogP contribution in [0.15, 0.2) is 16.6 Å². The van der Waals surface area contributed by atoms with Crippen LogP contribution >= 0.6 is 23.5 Å². The van der Waals surface area contributed by atoms with E-state index in [4.69, 9.17) is 18.5 Å². The number of halogens is 1. The Labute approximate surface area is 165 Å². The molecule has 0 fully saturated rings. The normalized spacial score (nSPS) is 11.5. The van der Waals surface area contributed by atoms with Gasteiger partial charge < -0.3 is 23.4 Å². The summed E-state index contributed by atoms with van der Waals surface area (Å²) in [5.74, 6) is 0.189. The van der Waals surface area contributed by atoms with E-state index in [-0.39, 0.29) is 30.5 Å². The molecule has 148 valence electrons. The van der Waals surface area contributed by atoms with Gasteiger partial charge in [-0.2, -0.15) is 0 Å². The SMILES string of the molecule is COc1nc2cc(Br)cc(CN(CP(=O)(OC)OC)C(C)=O)c2nc1OC. The number of amides is 1. The van der Waals surface area contributed by atoms with Gasteiger partial charge in [0.25, 0.3) is 11.8 Å². The third-order valence-corrected chi connectivity index (χ3v) is 6.10. The first kappa shape index (κ1) is 21.6. The highest BCUT2D eigenvalue weighted by Crippen LogP contribution is 2.47. The highest BCUT2D eigenvalue weighted by atomic mass is 79.9. The minimum atomic E-state index is -3.42. The van der Waals surface area contributed by atoms with Gasteiger partial charge in [0.2, 0.25) is 5.91 Å².